The molecule has 0 radical (unpaired) electrons. The molecule has 1 fully saturated rings. The minimum atomic E-state index is -3.51. The zero-order valence-corrected chi connectivity index (χ0v) is 15.1. The highest BCUT2D eigenvalue weighted by Crippen LogP contribution is 2.36. The van der Waals surface area contributed by atoms with Gasteiger partial charge in [0.05, 0.1) is 10.9 Å². The summed E-state index contributed by atoms with van der Waals surface area (Å²) >= 11 is 0. The average molecular weight is 348 g/mol. The summed E-state index contributed by atoms with van der Waals surface area (Å²) in [6.07, 6.45) is 4.32. The highest BCUT2D eigenvalue weighted by molar-refractivity contribution is 7.89. The molecule has 0 aliphatic carbocycles. The number of aromatic nitrogens is 1. The fraction of sp³-hybridized carbons (Fsp3) is 0.500. The van der Waals surface area contributed by atoms with E-state index in [-0.39, 0.29) is 6.04 Å². The highest BCUT2D eigenvalue weighted by Gasteiger charge is 2.37. The van der Waals surface area contributed by atoms with E-state index in [2.05, 4.69) is 19.0 Å². The second kappa shape index (κ2) is 7.07. The Kier molecular flexibility index (Phi) is 5.06. The zero-order valence-electron chi connectivity index (χ0n) is 14.2. The van der Waals surface area contributed by atoms with Gasteiger partial charge in [0.1, 0.15) is 11.5 Å². The van der Waals surface area contributed by atoms with Crippen LogP contribution in [-0.4, -0.2) is 24.4 Å². The first-order valence-electron chi connectivity index (χ1n) is 8.62. The summed E-state index contributed by atoms with van der Waals surface area (Å²) in [5.74, 6) is 0.823. The first-order valence-corrected chi connectivity index (χ1v) is 10.1. The van der Waals surface area contributed by atoms with Gasteiger partial charge in [-0.15, -0.1) is 0 Å². The van der Waals surface area contributed by atoms with E-state index >= 15 is 0 Å². The first-order chi connectivity index (χ1) is 11.6. The summed E-state index contributed by atoms with van der Waals surface area (Å²) in [4.78, 5) is 0.351. The molecule has 3 rings (SSSR count). The van der Waals surface area contributed by atoms with Crippen LogP contribution in [0.15, 0.2) is 39.8 Å². The molecular weight excluding hydrogens is 324 g/mol. The number of hydrogen-bond acceptors (Lipinski definition) is 4. The molecule has 0 saturated carbocycles. The Labute approximate surface area is 143 Å². The normalized spacial score (nSPS) is 19.0. The van der Waals surface area contributed by atoms with E-state index in [1.165, 1.54) is 0 Å². The van der Waals surface area contributed by atoms with Gasteiger partial charge in [-0.05, 0) is 43.4 Å². The van der Waals surface area contributed by atoms with Gasteiger partial charge in [-0.3, -0.25) is 0 Å². The molecule has 6 heteroatoms. The van der Waals surface area contributed by atoms with Gasteiger partial charge >= 0.3 is 0 Å². The molecule has 1 aliphatic rings. The summed E-state index contributed by atoms with van der Waals surface area (Å²) in [5, 5.41) is 4.12. The lowest BCUT2D eigenvalue weighted by atomic mass is 10.1. The fourth-order valence-electron chi connectivity index (χ4n) is 3.21. The van der Waals surface area contributed by atoms with Crippen molar-refractivity contribution in [2.24, 2.45) is 0 Å². The Morgan fingerprint density at radius 3 is 2.67 bits per heavy atom. The van der Waals surface area contributed by atoms with E-state index in [9.17, 15) is 8.42 Å². The Bertz CT molecular complexity index is 781. The molecule has 5 nitrogen and oxygen atoms in total. The summed E-state index contributed by atoms with van der Waals surface area (Å²) in [7, 11) is -3.51. The van der Waals surface area contributed by atoms with Crippen LogP contribution >= 0.6 is 0 Å². The molecule has 1 aromatic heterocycles. The molecule has 24 heavy (non-hydrogen) atoms. The van der Waals surface area contributed by atoms with Crippen LogP contribution in [0.2, 0.25) is 0 Å². The molecule has 2 heterocycles. The number of rotatable bonds is 6. The van der Waals surface area contributed by atoms with Crippen LogP contribution in [-0.2, 0) is 22.9 Å². The molecule has 1 unspecified atom stereocenters. The molecule has 0 N–H and O–H groups in total. The molecule has 0 amide bonds. The number of hydrogen-bond donors (Lipinski definition) is 0. The largest absolute Gasteiger partial charge is 0.361 e. The van der Waals surface area contributed by atoms with Gasteiger partial charge in [0.2, 0.25) is 10.0 Å². The maximum absolute atomic E-state index is 13.0. The van der Waals surface area contributed by atoms with Crippen LogP contribution in [0.5, 0.6) is 0 Å². The van der Waals surface area contributed by atoms with Gasteiger partial charge in [-0.2, -0.15) is 4.31 Å². The lowest BCUT2D eigenvalue weighted by Gasteiger charge is -2.22. The van der Waals surface area contributed by atoms with E-state index in [4.69, 9.17) is 4.52 Å². The van der Waals surface area contributed by atoms with Gasteiger partial charge in [-0.25, -0.2) is 8.42 Å². The molecule has 1 saturated heterocycles. The van der Waals surface area contributed by atoms with Crippen molar-refractivity contribution in [1.29, 1.82) is 0 Å². The van der Waals surface area contributed by atoms with Gasteiger partial charge < -0.3 is 4.52 Å². The SMILES string of the molecule is CCCc1cc(C2CCCN2S(=O)(=O)c2ccc(CC)cc2)no1. The van der Waals surface area contributed by atoms with Gasteiger partial charge in [0.15, 0.2) is 0 Å². The number of aryl methyl sites for hydroxylation is 2. The maximum atomic E-state index is 13.0. The average Bonchev–Trinajstić information content (AvgIpc) is 3.24. The lowest BCUT2D eigenvalue weighted by molar-refractivity contribution is 0.343. The number of benzene rings is 1. The fourth-order valence-corrected chi connectivity index (χ4v) is 4.87. The number of sulfonamides is 1. The van der Waals surface area contributed by atoms with Crippen molar-refractivity contribution >= 4 is 10.0 Å². The van der Waals surface area contributed by atoms with Crippen LogP contribution < -0.4 is 0 Å². The molecule has 1 aromatic carbocycles. The minimum Gasteiger partial charge on any atom is -0.361 e. The third-order valence-corrected chi connectivity index (χ3v) is 6.48. The second-order valence-corrected chi connectivity index (χ2v) is 8.13. The Morgan fingerprint density at radius 1 is 1.25 bits per heavy atom. The third kappa shape index (κ3) is 3.26. The maximum Gasteiger partial charge on any atom is 0.243 e. The first kappa shape index (κ1) is 17.2. The standard InChI is InChI=1S/C18H24N2O3S/c1-3-6-15-13-17(19-23-15)18-7-5-12-20(18)24(21,22)16-10-8-14(4-2)9-11-16/h8-11,13,18H,3-7,12H2,1-2H3. The van der Waals surface area contributed by atoms with Crippen LogP contribution in [0.25, 0.3) is 0 Å². The van der Waals surface area contributed by atoms with Crippen molar-refractivity contribution in [3.8, 4) is 0 Å². The lowest BCUT2D eigenvalue weighted by Crippen LogP contribution is -2.30. The molecule has 1 aliphatic heterocycles. The van der Waals surface area contributed by atoms with Crippen molar-refractivity contribution in [1.82, 2.24) is 9.46 Å². The summed E-state index contributed by atoms with van der Waals surface area (Å²) in [6.45, 7) is 4.66. The predicted molar refractivity (Wildman–Crippen MR) is 92.2 cm³/mol. The molecule has 1 atom stereocenters. The smallest absolute Gasteiger partial charge is 0.243 e. The monoisotopic (exact) mass is 348 g/mol. The van der Waals surface area contributed by atoms with E-state index in [0.29, 0.717) is 11.4 Å². The van der Waals surface area contributed by atoms with Crippen molar-refractivity contribution in [2.75, 3.05) is 6.54 Å². The molecule has 130 valence electrons. The summed E-state index contributed by atoms with van der Waals surface area (Å²) in [5.41, 5.74) is 1.86. The highest BCUT2D eigenvalue weighted by atomic mass is 32.2. The van der Waals surface area contributed by atoms with E-state index in [1.54, 1.807) is 16.4 Å². The Balaban J connectivity index is 1.87. The van der Waals surface area contributed by atoms with Crippen molar-refractivity contribution < 1.29 is 12.9 Å². The van der Waals surface area contributed by atoms with Crippen molar-refractivity contribution in [3.05, 3.63) is 47.3 Å². The number of nitrogens with zero attached hydrogens (tertiary/aromatic N) is 2. The van der Waals surface area contributed by atoms with Crippen LogP contribution in [0.1, 0.15) is 56.2 Å². The Hall–Kier alpha value is -1.66. The van der Waals surface area contributed by atoms with Crippen molar-refractivity contribution in [3.63, 3.8) is 0 Å². The summed E-state index contributed by atoms with van der Waals surface area (Å²) in [6, 6.07) is 8.85. The zero-order chi connectivity index (χ0) is 17.2. The van der Waals surface area contributed by atoms with Crippen LogP contribution in [0.3, 0.4) is 0 Å². The van der Waals surface area contributed by atoms with Gasteiger partial charge in [-0.1, -0.05) is 31.1 Å². The molecule has 2 aromatic rings. The second-order valence-electron chi connectivity index (χ2n) is 6.24. The molecule has 0 spiro atoms. The van der Waals surface area contributed by atoms with E-state index in [1.807, 2.05) is 18.2 Å². The van der Waals surface area contributed by atoms with E-state index < -0.39 is 10.0 Å². The van der Waals surface area contributed by atoms with Gasteiger partial charge in [0, 0.05) is 19.0 Å². The predicted octanol–water partition coefficient (Wildman–Crippen LogP) is 3.72. The third-order valence-electron chi connectivity index (χ3n) is 4.56. The van der Waals surface area contributed by atoms with Crippen molar-refractivity contribution in [2.45, 2.75) is 56.9 Å². The molecule has 0 bridgehead atoms. The van der Waals surface area contributed by atoms with E-state index in [0.717, 1.165) is 49.1 Å². The Morgan fingerprint density at radius 2 is 2.00 bits per heavy atom. The minimum absolute atomic E-state index is 0.227. The summed E-state index contributed by atoms with van der Waals surface area (Å²) < 4.78 is 32.9. The topological polar surface area (TPSA) is 63.4 Å². The molecular formula is C18H24N2O3S. The van der Waals surface area contributed by atoms with Crippen LogP contribution in [0.4, 0.5) is 0 Å². The van der Waals surface area contributed by atoms with Crippen LogP contribution in [0, 0.1) is 0 Å². The quantitative estimate of drug-likeness (QED) is 0.798. The van der Waals surface area contributed by atoms with Gasteiger partial charge in [0.25, 0.3) is 0 Å².